The van der Waals surface area contributed by atoms with Crippen LogP contribution in [-0.4, -0.2) is 0 Å². The summed E-state index contributed by atoms with van der Waals surface area (Å²) >= 11 is 5.69. The summed E-state index contributed by atoms with van der Waals surface area (Å²) in [5, 5.41) is 9.22. The number of rotatable bonds is 5. The molecule has 0 fully saturated rings. The van der Waals surface area contributed by atoms with Crippen LogP contribution in [0.25, 0.3) is 5.70 Å². The number of nitrogens with one attached hydrogen (secondary N) is 1. The third kappa shape index (κ3) is 4.13. The molecule has 5 nitrogen and oxygen atoms in total. The molecular weight excluding hydrogens is 319 g/mol. The number of hydrogen-bond donors (Lipinski definition) is 3. The average molecular weight is 333 g/mol. The van der Waals surface area contributed by atoms with Gasteiger partial charge in [0, 0.05) is 10.6 Å². The van der Waals surface area contributed by atoms with Gasteiger partial charge in [-0.2, -0.15) is 5.26 Å². The minimum Gasteiger partial charge on any atom is -0.486 e. The number of nitriles is 1. The number of nitrogens with two attached hydrogens (primary N) is 2. The fraction of sp³-hybridized carbons (Fsp3) is 0.0625. The maximum atomic E-state index is 13.7. The van der Waals surface area contributed by atoms with E-state index in [-0.39, 0.29) is 23.8 Å². The minimum atomic E-state index is -0.535. The molecule has 0 aliphatic carbocycles. The van der Waals surface area contributed by atoms with Crippen molar-refractivity contribution in [2.24, 2.45) is 11.6 Å². The van der Waals surface area contributed by atoms with E-state index in [1.165, 1.54) is 12.1 Å². The van der Waals surface area contributed by atoms with Gasteiger partial charge >= 0.3 is 0 Å². The number of hydrazine groups is 1. The Kier molecular flexibility index (Phi) is 5.41. The summed E-state index contributed by atoms with van der Waals surface area (Å²) < 4.78 is 19.1. The van der Waals surface area contributed by atoms with Crippen LogP contribution in [0.4, 0.5) is 4.39 Å². The van der Waals surface area contributed by atoms with E-state index in [2.05, 4.69) is 5.43 Å². The topological polar surface area (TPSA) is 97.1 Å². The van der Waals surface area contributed by atoms with Crippen molar-refractivity contribution in [2.75, 3.05) is 0 Å². The molecule has 0 saturated heterocycles. The van der Waals surface area contributed by atoms with Gasteiger partial charge in [-0.1, -0.05) is 29.8 Å². The Morgan fingerprint density at radius 2 is 2.09 bits per heavy atom. The number of halogens is 2. The van der Waals surface area contributed by atoms with Crippen molar-refractivity contribution in [3.8, 4) is 11.8 Å². The Hall–Kier alpha value is -2.75. The van der Waals surface area contributed by atoms with E-state index in [9.17, 15) is 4.39 Å². The predicted molar refractivity (Wildman–Crippen MR) is 86.2 cm³/mol. The van der Waals surface area contributed by atoms with Crippen molar-refractivity contribution >= 4 is 17.3 Å². The maximum Gasteiger partial charge on any atom is 0.166 e. The Morgan fingerprint density at radius 3 is 2.74 bits per heavy atom. The molecule has 0 heterocycles. The van der Waals surface area contributed by atoms with Gasteiger partial charge in [0.1, 0.15) is 12.7 Å². The highest BCUT2D eigenvalue weighted by Crippen LogP contribution is 2.22. The number of benzene rings is 2. The van der Waals surface area contributed by atoms with Gasteiger partial charge in [-0.05, 0) is 29.8 Å². The van der Waals surface area contributed by atoms with Gasteiger partial charge < -0.3 is 15.9 Å². The second kappa shape index (κ2) is 7.49. The third-order valence-electron chi connectivity index (χ3n) is 3.05. The Labute approximate surface area is 137 Å². The molecule has 0 saturated carbocycles. The maximum absolute atomic E-state index is 13.7. The molecule has 0 aliphatic heterocycles. The smallest absolute Gasteiger partial charge is 0.166 e. The van der Waals surface area contributed by atoms with Gasteiger partial charge in [0.05, 0.1) is 5.70 Å². The van der Waals surface area contributed by atoms with Crippen molar-refractivity contribution in [3.05, 3.63) is 70.1 Å². The average Bonchev–Trinajstić information content (AvgIpc) is 2.55. The molecule has 0 unspecified atom stereocenters. The summed E-state index contributed by atoms with van der Waals surface area (Å²) in [6.07, 6.45) is 0. The van der Waals surface area contributed by atoms with Crippen molar-refractivity contribution in [2.45, 2.75) is 6.61 Å². The van der Waals surface area contributed by atoms with E-state index < -0.39 is 5.82 Å². The molecule has 0 amide bonds. The first-order chi connectivity index (χ1) is 11.0. The number of ether oxygens (including phenoxy) is 1. The number of allylic oxidation sites excluding steroid dienone is 1. The van der Waals surface area contributed by atoms with E-state index in [4.69, 9.17) is 33.2 Å². The van der Waals surface area contributed by atoms with Crippen molar-refractivity contribution < 1.29 is 9.13 Å². The lowest BCUT2D eigenvalue weighted by Crippen LogP contribution is -2.23. The zero-order chi connectivity index (χ0) is 16.8. The van der Waals surface area contributed by atoms with Gasteiger partial charge in [0.2, 0.25) is 0 Å². The van der Waals surface area contributed by atoms with Crippen molar-refractivity contribution in [1.29, 1.82) is 5.26 Å². The molecule has 0 aliphatic rings. The van der Waals surface area contributed by atoms with Gasteiger partial charge in [-0.3, -0.25) is 0 Å². The van der Waals surface area contributed by atoms with Crippen LogP contribution in [0.2, 0.25) is 5.02 Å². The Bertz CT molecular complexity index is 786. The number of hydrogen-bond acceptors (Lipinski definition) is 5. The van der Waals surface area contributed by atoms with Crippen LogP contribution in [0.15, 0.2) is 48.2 Å². The van der Waals surface area contributed by atoms with E-state index in [1.807, 2.05) is 6.07 Å². The summed E-state index contributed by atoms with van der Waals surface area (Å²) in [6, 6.07) is 13.1. The van der Waals surface area contributed by atoms with E-state index >= 15 is 0 Å². The molecule has 0 aromatic heterocycles. The molecule has 2 rings (SSSR count). The molecule has 23 heavy (non-hydrogen) atoms. The number of nitrogens with zero attached hydrogens (tertiary/aromatic N) is 1. The molecule has 2 aromatic carbocycles. The summed E-state index contributed by atoms with van der Waals surface area (Å²) in [7, 11) is 0. The molecule has 0 atom stereocenters. The van der Waals surface area contributed by atoms with Crippen LogP contribution < -0.4 is 21.7 Å². The normalized spacial score (nSPS) is 11.4. The fourth-order valence-corrected chi connectivity index (χ4v) is 2.06. The second-order valence-corrected chi connectivity index (χ2v) is 5.05. The lowest BCUT2D eigenvalue weighted by molar-refractivity contribution is 0.290. The lowest BCUT2D eigenvalue weighted by Gasteiger charge is -2.10. The molecule has 0 bridgehead atoms. The third-order valence-corrected chi connectivity index (χ3v) is 3.29. The quantitative estimate of drug-likeness (QED) is 0.444. The van der Waals surface area contributed by atoms with Crippen LogP contribution in [0.3, 0.4) is 0 Å². The molecular formula is C16H14ClFN4O. The van der Waals surface area contributed by atoms with Crippen molar-refractivity contribution in [1.82, 2.24) is 5.43 Å². The SMILES string of the molecule is N#C/C(NN)=C(/N)c1cccc(COc2ccc(Cl)cc2F)c1. The largest absolute Gasteiger partial charge is 0.486 e. The monoisotopic (exact) mass is 332 g/mol. The van der Waals surface area contributed by atoms with E-state index in [0.717, 1.165) is 5.56 Å². The van der Waals surface area contributed by atoms with Gasteiger partial charge in [0.25, 0.3) is 0 Å². The molecule has 7 heteroatoms. The first kappa shape index (κ1) is 16.6. The van der Waals surface area contributed by atoms with Crippen LogP contribution in [0.5, 0.6) is 5.75 Å². The highest BCUT2D eigenvalue weighted by Gasteiger charge is 2.07. The predicted octanol–water partition coefficient (Wildman–Crippen LogP) is 2.67. The van der Waals surface area contributed by atoms with Crippen LogP contribution >= 0.6 is 11.6 Å². The van der Waals surface area contributed by atoms with Gasteiger partial charge in [0.15, 0.2) is 17.3 Å². The highest BCUT2D eigenvalue weighted by molar-refractivity contribution is 6.30. The summed E-state index contributed by atoms with van der Waals surface area (Å²) in [6.45, 7) is 0.137. The van der Waals surface area contributed by atoms with E-state index in [1.54, 1.807) is 30.3 Å². The molecule has 2 aromatic rings. The minimum absolute atomic E-state index is 0.0619. The van der Waals surface area contributed by atoms with Crippen molar-refractivity contribution in [3.63, 3.8) is 0 Å². The molecule has 0 radical (unpaired) electrons. The molecule has 0 spiro atoms. The highest BCUT2D eigenvalue weighted by atomic mass is 35.5. The first-order valence-corrected chi connectivity index (χ1v) is 6.96. The standard InChI is InChI=1S/C16H14ClFN4O/c17-12-4-5-15(13(18)7-12)23-9-10-2-1-3-11(6-10)16(20)14(8-19)22-21/h1-7,22H,9,20-21H2/b16-14-. The zero-order valence-electron chi connectivity index (χ0n) is 12.0. The Morgan fingerprint density at radius 1 is 1.30 bits per heavy atom. The van der Waals surface area contributed by atoms with Crippen LogP contribution in [-0.2, 0) is 6.61 Å². The zero-order valence-corrected chi connectivity index (χ0v) is 12.8. The Balaban J connectivity index is 2.18. The van der Waals surface area contributed by atoms with Gasteiger partial charge in [-0.25, -0.2) is 10.2 Å². The second-order valence-electron chi connectivity index (χ2n) is 4.61. The summed E-state index contributed by atoms with van der Waals surface area (Å²) in [5.74, 6) is 4.80. The molecule has 5 N–H and O–H groups in total. The molecule has 118 valence electrons. The van der Waals surface area contributed by atoms with Crippen LogP contribution in [0, 0.1) is 17.1 Å². The summed E-state index contributed by atoms with van der Waals surface area (Å²) in [4.78, 5) is 0. The first-order valence-electron chi connectivity index (χ1n) is 6.58. The van der Waals surface area contributed by atoms with E-state index in [0.29, 0.717) is 10.6 Å². The van der Waals surface area contributed by atoms with Crippen LogP contribution in [0.1, 0.15) is 11.1 Å². The summed E-state index contributed by atoms with van der Waals surface area (Å²) in [5.41, 5.74) is 9.76. The lowest BCUT2D eigenvalue weighted by atomic mass is 10.1. The van der Waals surface area contributed by atoms with Gasteiger partial charge in [-0.15, -0.1) is 0 Å². The fourth-order valence-electron chi connectivity index (χ4n) is 1.90.